The van der Waals surface area contributed by atoms with Gasteiger partial charge in [0.25, 0.3) is 5.69 Å². The molecule has 2 unspecified atom stereocenters. The van der Waals surface area contributed by atoms with Crippen LogP contribution in [0.2, 0.25) is 5.02 Å². The molecule has 1 saturated carbocycles. The first-order chi connectivity index (χ1) is 8.56. The van der Waals surface area contributed by atoms with E-state index in [9.17, 15) is 10.1 Å². The lowest BCUT2D eigenvalue weighted by Gasteiger charge is -2.12. The highest BCUT2D eigenvalue weighted by Gasteiger charge is 2.22. The topological polar surface area (TPSA) is 55.2 Å². The van der Waals surface area contributed by atoms with Crippen molar-refractivity contribution in [3.63, 3.8) is 0 Å². The second-order valence-corrected chi connectivity index (χ2v) is 5.46. The van der Waals surface area contributed by atoms with Crippen molar-refractivity contribution in [2.45, 2.75) is 38.8 Å². The lowest BCUT2D eigenvalue weighted by molar-refractivity contribution is -0.385. The minimum atomic E-state index is -0.375. The molecule has 0 spiro atoms. The Bertz CT molecular complexity index is 451. The van der Waals surface area contributed by atoms with E-state index in [1.807, 2.05) is 0 Å². The molecule has 0 saturated heterocycles. The largest absolute Gasteiger partial charge is 0.310 e. The summed E-state index contributed by atoms with van der Waals surface area (Å²) in [6.45, 7) is 2.78. The molecule has 1 aliphatic rings. The Morgan fingerprint density at radius 1 is 1.50 bits per heavy atom. The predicted octanol–water partition coefficient (Wildman–Crippen LogP) is 3.53. The van der Waals surface area contributed by atoms with Crippen molar-refractivity contribution in [3.05, 3.63) is 38.9 Å². The number of nitro groups is 1. The average molecular weight is 269 g/mol. The number of rotatable bonds is 4. The zero-order chi connectivity index (χ0) is 13.1. The summed E-state index contributed by atoms with van der Waals surface area (Å²) in [5, 5.41) is 14.7. The van der Waals surface area contributed by atoms with Crippen molar-refractivity contribution in [2.24, 2.45) is 5.92 Å². The molecule has 1 aromatic rings. The molecule has 1 fully saturated rings. The average Bonchev–Trinajstić information content (AvgIpc) is 2.73. The van der Waals surface area contributed by atoms with Gasteiger partial charge in [0.05, 0.1) is 4.92 Å². The van der Waals surface area contributed by atoms with E-state index in [1.54, 1.807) is 12.1 Å². The summed E-state index contributed by atoms with van der Waals surface area (Å²) in [7, 11) is 0. The highest BCUT2D eigenvalue weighted by Crippen LogP contribution is 2.26. The van der Waals surface area contributed by atoms with Crippen LogP contribution >= 0.6 is 11.6 Å². The molecule has 0 heterocycles. The van der Waals surface area contributed by atoms with Crippen LogP contribution in [0.3, 0.4) is 0 Å². The fourth-order valence-corrected chi connectivity index (χ4v) is 2.67. The molecular weight excluding hydrogens is 252 g/mol. The van der Waals surface area contributed by atoms with Gasteiger partial charge in [-0.25, -0.2) is 0 Å². The van der Waals surface area contributed by atoms with Crippen LogP contribution in [0.4, 0.5) is 5.69 Å². The molecule has 1 N–H and O–H groups in total. The quantitative estimate of drug-likeness (QED) is 0.671. The lowest BCUT2D eigenvalue weighted by atomic mass is 10.1. The summed E-state index contributed by atoms with van der Waals surface area (Å²) < 4.78 is 0. The fraction of sp³-hybridized carbons (Fsp3) is 0.538. The molecule has 98 valence electrons. The summed E-state index contributed by atoms with van der Waals surface area (Å²) >= 11 is 5.78. The Kier molecular flexibility index (Phi) is 4.19. The maximum absolute atomic E-state index is 10.9. The molecule has 5 heteroatoms. The van der Waals surface area contributed by atoms with Gasteiger partial charge in [0.15, 0.2) is 0 Å². The van der Waals surface area contributed by atoms with Crippen LogP contribution < -0.4 is 5.32 Å². The van der Waals surface area contributed by atoms with Gasteiger partial charge in [0, 0.05) is 29.2 Å². The third-order valence-electron chi connectivity index (χ3n) is 3.52. The molecule has 1 aromatic carbocycles. The van der Waals surface area contributed by atoms with E-state index in [1.165, 1.54) is 12.5 Å². The number of nitro benzene ring substituents is 1. The predicted molar refractivity (Wildman–Crippen MR) is 71.7 cm³/mol. The van der Waals surface area contributed by atoms with Crippen LogP contribution in [-0.2, 0) is 6.54 Å². The van der Waals surface area contributed by atoms with Crippen molar-refractivity contribution < 1.29 is 4.92 Å². The molecule has 4 nitrogen and oxygen atoms in total. The lowest BCUT2D eigenvalue weighted by Crippen LogP contribution is -2.26. The van der Waals surface area contributed by atoms with Crippen molar-refractivity contribution in [2.75, 3.05) is 0 Å². The van der Waals surface area contributed by atoms with Crippen LogP contribution in [-0.4, -0.2) is 11.0 Å². The highest BCUT2D eigenvalue weighted by atomic mass is 35.5. The van der Waals surface area contributed by atoms with Gasteiger partial charge in [-0.2, -0.15) is 0 Å². The van der Waals surface area contributed by atoms with Gasteiger partial charge in [-0.3, -0.25) is 10.1 Å². The third kappa shape index (κ3) is 3.21. The normalized spacial score (nSPS) is 23.2. The zero-order valence-corrected chi connectivity index (χ0v) is 11.1. The molecule has 2 rings (SSSR count). The minimum Gasteiger partial charge on any atom is -0.310 e. The number of hydrogen-bond acceptors (Lipinski definition) is 3. The minimum absolute atomic E-state index is 0.0982. The Labute approximate surface area is 111 Å². The Balaban J connectivity index is 2.02. The van der Waals surface area contributed by atoms with E-state index in [4.69, 9.17) is 11.6 Å². The second kappa shape index (κ2) is 5.67. The molecule has 0 amide bonds. The van der Waals surface area contributed by atoms with E-state index < -0.39 is 0 Å². The molecule has 0 bridgehead atoms. The summed E-state index contributed by atoms with van der Waals surface area (Å²) in [5.74, 6) is 0.753. The number of benzene rings is 1. The molecule has 0 radical (unpaired) electrons. The molecular formula is C13H17ClN2O2. The standard InChI is InChI=1S/C13H17ClN2O2/c1-9-2-5-12(6-9)15-8-10-3-4-11(14)7-13(10)16(17)18/h3-4,7,9,12,15H,2,5-6,8H2,1H3. The van der Waals surface area contributed by atoms with Gasteiger partial charge in [0.2, 0.25) is 0 Å². The second-order valence-electron chi connectivity index (χ2n) is 5.03. The number of halogens is 1. The van der Waals surface area contributed by atoms with Crippen molar-refractivity contribution in [1.82, 2.24) is 5.32 Å². The van der Waals surface area contributed by atoms with Crippen molar-refractivity contribution in [1.29, 1.82) is 0 Å². The van der Waals surface area contributed by atoms with E-state index >= 15 is 0 Å². The zero-order valence-electron chi connectivity index (χ0n) is 10.4. The van der Waals surface area contributed by atoms with Gasteiger partial charge >= 0.3 is 0 Å². The first kappa shape index (κ1) is 13.3. The van der Waals surface area contributed by atoms with E-state index in [0.717, 1.165) is 18.8 Å². The molecule has 0 aromatic heterocycles. The summed E-state index contributed by atoms with van der Waals surface area (Å²) in [4.78, 5) is 10.6. The maximum Gasteiger partial charge on any atom is 0.275 e. The van der Waals surface area contributed by atoms with Gasteiger partial charge in [-0.1, -0.05) is 18.5 Å². The van der Waals surface area contributed by atoms with Crippen LogP contribution in [0.1, 0.15) is 31.7 Å². The SMILES string of the molecule is CC1CCC(NCc2ccc(Cl)cc2[N+](=O)[O-])C1. The Hall–Kier alpha value is -1.13. The first-order valence-corrected chi connectivity index (χ1v) is 6.60. The molecule has 2 atom stereocenters. The van der Waals surface area contributed by atoms with Crippen LogP contribution in [0.5, 0.6) is 0 Å². The van der Waals surface area contributed by atoms with Gasteiger partial charge in [-0.15, -0.1) is 0 Å². The molecule has 0 aliphatic heterocycles. The maximum atomic E-state index is 10.9. The van der Waals surface area contributed by atoms with Gasteiger partial charge in [0.1, 0.15) is 0 Å². The van der Waals surface area contributed by atoms with Crippen LogP contribution in [0.25, 0.3) is 0 Å². The first-order valence-electron chi connectivity index (χ1n) is 6.22. The smallest absolute Gasteiger partial charge is 0.275 e. The molecule has 18 heavy (non-hydrogen) atoms. The van der Waals surface area contributed by atoms with Crippen LogP contribution in [0, 0.1) is 16.0 Å². The highest BCUT2D eigenvalue weighted by molar-refractivity contribution is 6.30. The summed E-state index contributed by atoms with van der Waals surface area (Å²) in [5.41, 5.74) is 0.796. The van der Waals surface area contributed by atoms with Gasteiger partial charge in [-0.05, 0) is 37.3 Å². The number of hydrogen-bond donors (Lipinski definition) is 1. The number of nitrogens with one attached hydrogen (secondary N) is 1. The summed E-state index contributed by atoms with van der Waals surface area (Å²) in [6, 6.07) is 5.32. The number of nitrogens with zero attached hydrogens (tertiary/aromatic N) is 1. The monoisotopic (exact) mass is 268 g/mol. The van der Waals surface area contributed by atoms with E-state index in [-0.39, 0.29) is 10.6 Å². The van der Waals surface area contributed by atoms with Crippen molar-refractivity contribution >= 4 is 17.3 Å². The Morgan fingerprint density at radius 3 is 2.89 bits per heavy atom. The summed E-state index contributed by atoms with van der Waals surface area (Å²) in [6.07, 6.45) is 3.55. The fourth-order valence-electron chi connectivity index (χ4n) is 2.50. The van der Waals surface area contributed by atoms with E-state index in [0.29, 0.717) is 23.2 Å². The van der Waals surface area contributed by atoms with E-state index in [2.05, 4.69) is 12.2 Å². The molecule has 1 aliphatic carbocycles. The third-order valence-corrected chi connectivity index (χ3v) is 3.76. The van der Waals surface area contributed by atoms with Crippen LogP contribution in [0.15, 0.2) is 18.2 Å². The van der Waals surface area contributed by atoms with Gasteiger partial charge < -0.3 is 5.32 Å². The Morgan fingerprint density at radius 2 is 2.28 bits per heavy atom. The van der Waals surface area contributed by atoms with Crippen molar-refractivity contribution in [3.8, 4) is 0 Å².